The number of carbonyl (C=O) groups excluding carboxylic acids is 1. The molecule has 0 spiro atoms. The summed E-state index contributed by atoms with van der Waals surface area (Å²) >= 11 is 0. The van der Waals surface area contributed by atoms with Crippen molar-refractivity contribution in [3.05, 3.63) is 35.4 Å². The Morgan fingerprint density at radius 1 is 1.24 bits per heavy atom. The van der Waals surface area contributed by atoms with Crippen LogP contribution in [0.25, 0.3) is 0 Å². The fourth-order valence-corrected chi connectivity index (χ4v) is 4.10. The van der Waals surface area contributed by atoms with Crippen LogP contribution in [0.3, 0.4) is 0 Å². The van der Waals surface area contributed by atoms with Gasteiger partial charge in [0.25, 0.3) is 5.91 Å². The highest BCUT2D eigenvalue weighted by Crippen LogP contribution is 2.27. The predicted molar refractivity (Wildman–Crippen MR) is 98.9 cm³/mol. The van der Waals surface area contributed by atoms with Crippen LogP contribution in [-0.4, -0.2) is 37.9 Å². The molecule has 0 bridgehead atoms. The lowest BCUT2D eigenvalue weighted by atomic mass is 9.89. The summed E-state index contributed by atoms with van der Waals surface area (Å²) in [6.45, 7) is 6.77. The molecule has 0 radical (unpaired) electrons. The summed E-state index contributed by atoms with van der Waals surface area (Å²) in [6, 6.07) is 8.25. The predicted octanol–water partition coefficient (Wildman–Crippen LogP) is 3.90. The second kappa shape index (κ2) is 8.81. The summed E-state index contributed by atoms with van der Waals surface area (Å²) in [5.74, 6) is 1.05. The maximum atomic E-state index is 12.7. The molecule has 2 heterocycles. The van der Waals surface area contributed by atoms with Crippen molar-refractivity contribution in [3.63, 3.8) is 0 Å². The molecule has 3 atom stereocenters. The van der Waals surface area contributed by atoms with Crippen LogP contribution in [-0.2, 0) is 9.47 Å². The minimum atomic E-state index is 0.0379. The van der Waals surface area contributed by atoms with Crippen LogP contribution >= 0.6 is 0 Å². The van der Waals surface area contributed by atoms with Gasteiger partial charge >= 0.3 is 0 Å². The van der Waals surface area contributed by atoms with Crippen molar-refractivity contribution in [2.45, 2.75) is 64.0 Å². The lowest BCUT2D eigenvalue weighted by Crippen LogP contribution is -2.44. The molecule has 2 aliphatic heterocycles. The maximum absolute atomic E-state index is 12.7. The van der Waals surface area contributed by atoms with Crippen molar-refractivity contribution in [2.24, 2.45) is 5.92 Å². The summed E-state index contributed by atoms with van der Waals surface area (Å²) < 4.78 is 11.4. The molecular formula is C21H31NO3. The topological polar surface area (TPSA) is 47.6 Å². The zero-order chi connectivity index (χ0) is 17.6. The lowest BCUT2D eigenvalue weighted by Gasteiger charge is -2.34. The number of hydrogen-bond acceptors (Lipinski definition) is 3. The standard InChI is InChI=1S/C21H31NO3/c1-3-15(4-2)20-13-19(9-11-25-20)22-21(23)17-7-5-6-16(12-17)18-8-10-24-14-18/h5-7,12,15,18-20H,3-4,8-11,13-14H2,1-2H3,(H,22,23)/t18-,19+,20-/m0/s1. The Morgan fingerprint density at radius 3 is 2.80 bits per heavy atom. The molecule has 4 heteroatoms. The molecule has 1 amide bonds. The molecule has 0 saturated carbocycles. The molecular weight excluding hydrogens is 314 g/mol. The van der Waals surface area contributed by atoms with Gasteiger partial charge in [0.2, 0.25) is 0 Å². The van der Waals surface area contributed by atoms with Gasteiger partial charge in [0.05, 0.1) is 12.7 Å². The molecule has 3 rings (SSSR count). The zero-order valence-electron chi connectivity index (χ0n) is 15.5. The van der Waals surface area contributed by atoms with Gasteiger partial charge in [0.15, 0.2) is 0 Å². The Balaban J connectivity index is 1.60. The average Bonchev–Trinajstić information content (AvgIpc) is 3.18. The van der Waals surface area contributed by atoms with Crippen molar-refractivity contribution in [1.82, 2.24) is 5.32 Å². The van der Waals surface area contributed by atoms with Crippen molar-refractivity contribution < 1.29 is 14.3 Å². The smallest absolute Gasteiger partial charge is 0.251 e. The SMILES string of the molecule is CCC(CC)[C@@H]1C[C@H](NC(=O)c2cccc([C@H]3CCOC3)c2)CCO1. The largest absolute Gasteiger partial charge is 0.381 e. The maximum Gasteiger partial charge on any atom is 0.251 e. The van der Waals surface area contributed by atoms with Gasteiger partial charge in [-0.1, -0.05) is 38.8 Å². The number of nitrogens with one attached hydrogen (secondary N) is 1. The molecule has 2 fully saturated rings. The van der Waals surface area contributed by atoms with E-state index in [1.165, 1.54) is 5.56 Å². The van der Waals surface area contributed by atoms with E-state index in [0.717, 1.165) is 57.5 Å². The third-order valence-corrected chi connectivity index (χ3v) is 5.77. The van der Waals surface area contributed by atoms with Crippen molar-refractivity contribution in [3.8, 4) is 0 Å². The van der Waals surface area contributed by atoms with E-state index in [9.17, 15) is 4.79 Å². The Bertz CT molecular complexity index is 564. The van der Waals surface area contributed by atoms with Gasteiger partial charge in [0.1, 0.15) is 0 Å². The Hall–Kier alpha value is -1.39. The molecule has 0 aliphatic carbocycles. The van der Waals surface area contributed by atoms with E-state index >= 15 is 0 Å². The highest BCUT2D eigenvalue weighted by Gasteiger charge is 2.28. The van der Waals surface area contributed by atoms with E-state index in [4.69, 9.17) is 9.47 Å². The van der Waals surface area contributed by atoms with Crippen molar-refractivity contribution in [2.75, 3.05) is 19.8 Å². The molecule has 2 aliphatic rings. The van der Waals surface area contributed by atoms with E-state index < -0.39 is 0 Å². The number of ether oxygens (including phenoxy) is 2. The number of hydrogen-bond donors (Lipinski definition) is 1. The van der Waals surface area contributed by atoms with Crippen LogP contribution < -0.4 is 5.32 Å². The first-order chi connectivity index (χ1) is 12.2. The number of amides is 1. The second-order valence-corrected chi connectivity index (χ2v) is 7.37. The fraction of sp³-hybridized carbons (Fsp3) is 0.667. The summed E-state index contributed by atoms with van der Waals surface area (Å²) in [6.07, 6.45) is 5.41. The van der Waals surface area contributed by atoms with Gasteiger partial charge < -0.3 is 14.8 Å². The van der Waals surface area contributed by atoms with E-state index in [1.54, 1.807) is 0 Å². The number of carbonyl (C=O) groups is 1. The van der Waals surface area contributed by atoms with Gasteiger partial charge in [-0.05, 0) is 42.9 Å². The molecule has 138 valence electrons. The van der Waals surface area contributed by atoms with E-state index in [0.29, 0.717) is 11.8 Å². The normalized spacial score (nSPS) is 26.8. The number of rotatable bonds is 6. The van der Waals surface area contributed by atoms with Crippen LogP contribution in [0.4, 0.5) is 0 Å². The lowest BCUT2D eigenvalue weighted by molar-refractivity contribution is -0.0337. The molecule has 1 aromatic rings. The fourth-order valence-electron chi connectivity index (χ4n) is 4.10. The Kier molecular flexibility index (Phi) is 6.49. The van der Waals surface area contributed by atoms with Crippen LogP contribution in [0.1, 0.15) is 67.8 Å². The van der Waals surface area contributed by atoms with Crippen molar-refractivity contribution in [1.29, 1.82) is 0 Å². The third-order valence-electron chi connectivity index (χ3n) is 5.77. The quantitative estimate of drug-likeness (QED) is 0.850. The number of benzene rings is 1. The first-order valence-corrected chi connectivity index (χ1v) is 9.81. The minimum Gasteiger partial charge on any atom is -0.381 e. The summed E-state index contributed by atoms with van der Waals surface area (Å²) in [4.78, 5) is 12.7. The molecule has 1 N–H and O–H groups in total. The molecule has 4 nitrogen and oxygen atoms in total. The van der Waals surface area contributed by atoms with E-state index in [1.807, 2.05) is 18.2 Å². The van der Waals surface area contributed by atoms with Gasteiger partial charge in [-0.25, -0.2) is 0 Å². The summed E-state index contributed by atoms with van der Waals surface area (Å²) in [7, 11) is 0. The second-order valence-electron chi connectivity index (χ2n) is 7.37. The highest BCUT2D eigenvalue weighted by molar-refractivity contribution is 5.94. The zero-order valence-corrected chi connectivity index (χ0v) is 15.5. The van der Waals surface area contributed by atoms with E-state index in [-0.39, 0.29) is 18.1 Å². The molecule has 2 saturated heterocycles. The van der Waals surface area contributed by atoms with Gasteiger partial charge in [-0.3, -0.25) is 4.79 Å². The monoisotopic (exact) mass is 345 g/mol. The summed E-state index contributed by atoms with van der Waals surface area (Å²) in [5.41, 5.74) is 1.97. The average molecular weight is 345 g/mol. The summed E-state index contributed by atoms with van der Waals surface area (Å²) in [5, 5.41) is 3.24. The van der Waals surface area contributed by atoms with E-state index in [2.05, 4.69) is 25.2 Å². The third kappa shape index (κ3) is 4.62. The van der Waals surface area contributed by atoms with Crippen LogP contribution in [0.5, 0.6) is 0 Å². The Labute approximate surface area is 151 Å². The first-order valence-electron chi connectivity index (χ1n) is 9.81. The molecule has 0 unspecified atom stereocenters. The van der Waals surface area contributed by atoms with Gasteiger partial charge in [-0.15, -0.1) is 0 Å². The Morgan fingerprint density at radius 2 is 2.08 bits per heavy atom. The van der Waals surface area contributed by atoms with Gasteiger partial charge in [0, 0.05) is 30.7 Å². The van der Waals surface area contributed by atoms with Crippen LogP contribution in [0.2, 0.25) is 0 Å². The highest BCUT2D eigenvalue weighted by atomic mass is 16.5. The molecule has 1 aromatic carbocycles. The van der Waals surface area contributed by atoms with Crippen LogP contribution in [0.15, 0.2) is 24.3 Å². The van der Waals surface area contributed by atoms with Crippen LogP contribution in [0, 0.1) is 5.92 Å². The molecule has 0 aromatic heterocycles. The van der Waals surface area contributed by atoms with Crippen molar-refractivity contribution >= 4 is 5.91 Å². The first kappa shape index (κ1) is 18.4. The minimum absolute atomic E-state index is 0.0379. The molecule has 25 heavy (non-hydrogen) atoms. The van der Waals surface area contributed by atoms with Gasteiger partial charge in [-0.2, -0.15) is 0 Å².